The number of carboxylic acid groups (broad SMARTS) is 1. The Morgan fingerprint density at radius 2 is 1.92 bits per heavy atom. The van der Waals surface area contributed by atoms with Gasteiger partial charge in [0.05, 0.1) is 15.5 Å². The summed E-state index contributed by atoms with van der Waals surface area (Å²) in [6.45, 7) is 0. The van der Waals surface area contributed by atoms with Gasteiger partial charge in [-0.15, -0.1) is 0 Å². The van der Waals surface area contributed by atoms with Crippen LogP contribution in [0.2, 0.25) is 5.02 Å². The number of benzene rings is 1. The largest absolute Gasteiger partial charge is 0.480 e. The molecule has 0 unspecified atom stereocenters. The van der Waals surface area contributed by atoms with E-state index in [0.717, 1.165) is 31.9 Å². The molecule has 0 bridgehead atoms. The molecule has 0 spiro atoms. The van der Waals surface area contributed by atoms with Crippen LogP contribution in [0, 0.1) is 5.92 Å². The van der Waals surface area contributed by atoms with Gasteiger partial charge in [-0.2, -0.15) is 0 Å². The Morgan fingerprint density at radius 3 is 2.56 bits per heavy atom. The number of carbonyl (C=O) groups excluding carboxylic acids is 1. The minimum absolute atomic E-state index is 0.00786. The second-order valence-electron chi connectivity index (χ2n) is 6.83. The number of fused-ring (bicyclic) bond motifs is 1. The summed E-state index contributed by atoms with van der Waals surface area (Å²) in [6.07, 6.45) is 5.17. The maximum absolute atomic E-state index is 13.1. The minimum atomic E-state index is -3.50. The number of sulfone groups is 1. The first kappa shape index (κ1) is 18.2. The van der Waals surface area contributed by atoms with E-state index in [1.165, 1.54) is 23.1 Å². The molecular weight excluding hydrogens is 366 g/mol. The molecule has 1 saturated carbocycles. The highest BCUT2D eigenvalue weighted by atomic mass is 35.5. The molecule has 1 N–H and O–H groups in total. The van der Waals surface area contributed by atoms with Crippen LogP contribution < -0.4 is 0 Å². The Labute approximate surface area is 151 Å². The third-order valence-electron chi connectivity index (χ3n) is 5.20. The van der Waals surface area contributed by atoms with Gasteiger partial charge in [0.1, 0.15) is 6.04 Å². The Bertz CT molecular complexity index is 822. The fourth-order valence-electron chi connectivity index (χ4n) is 4.01. The molecule has 3 rings (SSSR count). The van der Waals surface area contributed by atoms with E-state index in [-0.39, 0.29) is 27.4 Å². The van der Waals surface area contributed by atoms with E-state index in [0.29, 0.717) is 6.42 Å². The zero-order chi connectivity index (χ0) is 18.4. The normalized spacial score (nSPS) is 26.3. The quantitative estimate of drug-likeness (QED) is 0.863. The van der Waals surface area contributed by atoms with Crippen LogP contribution in [0.1, 0.15) is 42.5 Å². The molecule has 2 fully saturated rings. The van der Waals surface area contributed by atoms with Crippen LogP contribution in [0.5, 0.6) is 0 Å². The number of amides is 1. The van der Waals surface area contributed by atoms with Gasteiger partial charge in [0.2, 0.25) is 0 Å². The topological polar surface area (TPSA) is 91.8 Å². The van der Waals surface area contributed by atoms with Crippen molar-refractivity contribution in [2.45, 2.75) is 49.1 Å². The number of likely N-dealkylation sites (tertiary alicyclic amines) is 1. The van der Waals surface area contributed by atoms with Crippen LogP contribution in [-0.2, 0) is 14.6 Å². The smallest absolute Gasteiger partial charge is 0.326 e. The van der Waals surface area contributed by atoms with Crippen molar-refractivity contribution in [3.63, 3.8) is 0 Å². The number of rotatable bonds is 3. The third kappa shape index (κ3) is 3.40. The van der Waals surface area contributed by atoms with E-state index < -0.39 is 27.8 Å². The van der Waals surface area contributed by atoms with Crippen LogP contribution in [0.3, 0.4) is 0 Å². The van der Waals surface area contributed by atoms with Crippen molar-refractivity contribution in [2.75, 3.05) is 6.26 Å². The number of hydrogen-bond donors (Lipinski definition) is 1. The second kappa shape index (κ2) is 6.61. The van der Waals surface area contributed by atoms with Crippen molar-refractivity contribution in [1.29, 1.82) is 0 Å². The number of carboxylic acids is 1. The zero-order valence-corrected chi connectivity index (χ0v) is 15.4. The Balaban J connectivity index is 2.02. The van der Waals surface area contributed by atoms with Crippen molar-refractivity contribution in [3.8, 4) is 0 Å². The van der Waals surface area contributed by atoms with Gasteiger partial charge < -0.3 is 10.0 Å². The second-order valence-corrected chi connectivity index (χ2v) is 9.25. The van der Waals surface area contributed by atoms with E-state index in [9.17, 15) is 23.1 Å². The first-order chi connectivity index (χ1) is 11.7. The monoisotopic (exact) mass is 385 g/mol. The van der Waals surface area contributed by atoms with Gasteiger partial charge in [-0.25, -0.2) is 13.2 Å². The molecule has 6 nitrogen and oxygen atoms in total. The van der Waals surface area contributed by atoms with Gasteiger partial charge >= 0.3 is 5.97 Å². The number of aliphatic carboxylic acids is 1. The van der Waals surface area contributed by atoms with Crippen LogP contribution in [0.15, 0.2) is 23.1 Å². The Hall–Kier alpha value is -1.60. The van der Waals surface area contributed by atoms with E-state index in [2.05, 4.69) is 0 Å². The molecule has 136 valence electrons. The van der Waals surface area contributed by atoms with Gasteiger partial charge in [-0.3, -0.25) is 4.79 Å². The average molecular weight is 386 g/mol. The van der Waals surface area contributed by atoms with Crippen molar-refractivity contribution in [1.82, 2.24) is 4.90 Å². The average Bonchev–Trinajstić information content (AvgIpc) is 2.93. The minimum Gasteiger partial charge on any atom is -0.480 e. The summed E-state index contributed by atoms with van der Waals surface area (Å²) in [4.78, 5) is 26.2. The summed E-state index contributed by atoms with van der Waals surface area (Å²) in [6, 6.07) is 2.94. The number of hydrogen-bond acceptors (Lipinski definition) is 4. The van der Waals surface area contributed by atoms with Crippen LogP contribution in [0.25, 0.3) is 0 Å². The van der Waals surface area contributed by atoms with Gasteiger partial charge in [0, 0.05) is 12.3 Å². The molecule has 3 atom stereocenters. The number of halogens is 1. The molecule has 1 amide bonds. The first-order valence-electron chi connectivity index (χ1n) is 8.25. The maximum atomic E-state index is 13.1. The van der Waals surface area contributed by atoms with Crippen molar-refractivity contribution < 1.29 is 23.1 Å². The molecule has 1 aliphatic carbocycles. The number of nitrogens with zero attached hydrogens (tertiary/aromatic N) is 1. The summed E-state index contributed by atoms with van der Waals surface area (Å²) >= 11 is 6.13. The van der Waals surface area contributed by atoms with Crippen LogP contribution in [-0.4, -0.2) is 48.6 Å². The lowest BCUT2D eigenvalue weighted by atomic mass is 9.84. The first-order valence-corrected chi connectivity index (χ1v) is 10.5. The summed E-state index contributed by atoms with van der Waals surface area (Å²) in [5.74, 6) is -1.36. The van der Waals surface area contributed by atoms with Crippen molar-refractivity contribution in [3.05, 3.63) is 28.8 Å². The lowest BCUT2D eigenvalue weighted by Gasteiger charge is -2.33. The van der Waals surface area contributed by atoms with E-state index in [4.69, 9.17) is 11.6 Å². The predicted molar refractivity (Wildman–Crippen MR) is 92.5 cm³/mol. The zero-order valence-electron chi connectivity index (χ0n) is 13.8. The van der Waals surface area contributed by atoms with Gasteiger partial charge in [-0.1, -0.05) is 24.4 Å². The summed E-state index contributed by atoms with van der Waals surface area (Å²) in [5, 5.41) is 9.68. The van der Waals surface area contributed by atoms with E-state index in [1.54, 1.807) is 0 Å². The molecule has 0 radical (unpaired) electrons. The summed E-state index contributed by atoms with van der Waals surface area (Å²) in [5.41, 5.74) is 0.0436. The summed E-state index contributed by atoms with van der Waals surface area (Å²) in [7, 11) is -3.50. The lowest BCUT2D eigenvalue weighted by molar-refractivity contribution is -0.141. The highest BCUT2D eigenvalue weighted by molar-refractivity contribution is 7.90. The van der Waals surface area contributed by atoms with Crippen LogP contribution >= 0.6 is 11.6 Å². The van der Waals surface area contributed by atoms with Gasteiger partial charge in [-0.05, 0) is 43.4 Å². The molecule has 0 aromatic heterocycles. The molecular formula is C17H20ClNO5S. The molecule has 1 heterocycles. The maximum Gasteiger partial charge on any atom is 0.326 e. The fourth-order valence-corrected chi connectivity index (χ4v) is 4.86. The molecule has 1 aromatic rings. The highest BCUT2D eigenvalue weighted by Gasteiger charge is 2.48. The predicted octanol–water partition coefficient (Wildman–Crippen LogP) is 2.60. The van der Waals surface area contributed by atoms with Crippen LogP contribution in [0.4, 0.5) is 0 Å². The molecule has 1 saturated heterocycles. The van der Waals surface area contributed by atoms with Crippen molar-refractivity contribution in [2.24, 2.45) is 5.92 Å². The Morgan fingerprint density at radius 1 is 1.24 bits per heavy atom. The molecule has 1 aromatic carbocycles. The highest BCUT2D eigenvalue weighted by Crippen LogP contribution is 2.41. The fraction of sp³-hybridized carbons (Fsp3) is 0.529. The molecule has 1 aliphatic heterocycles. The number of carbonyl (C=O) groups is 2. The summed E-state index contributed by atoms with van der Waals surface area (Å²) < 4.78 is 23.6. The van der Waals surface area contributed by atoms with E-state index in [1.807, 2.05) is 0 Å². The molecule has 8 heteroatoms. The standard InChI is InChI=1S/C17H20ClNO5S/c1-25(23,24)11-6-7-13(18)12(9-11)16(20)19-14-5-3-2-4-10(14)8-15(19)17(21)22/h6-7,9-10,14-15H,2-5,8H2,1H3,(H,21,22)/t10-,14+,15-/m0/s1. The Kier molecular flexibility index (Phi) is 4.81. The SMILES string of the molecule is CS(=O)(=O)c1ccc(Cl)c(C(=O)N2[C@@H]3CCCC[C@H]3C[C@H]2C(=O)O)c1. The van der Waals surface area contributed by atoms with Gasteiger partial charge in [0.25, 0.3) is 5.91 Å². The third-order valence-corrected chi connectivity index (χ3v) is 6.64. The van der Waals surface area contributed by atoms with E-state index >= 15 is 0 Å². The van der Waals surface area contributed by atoms with Gasteiger partial charge in [0.15, 0.2) is 9.84 Å². The molecule has 2 aliphatic rings. The molecule has 25 heavy (non-hydrogen) atoms. The van der Waals surface area contributed by atoms with Crippen molar-refractivity contribution >= 4 is 33.3 Å². The lowest BCUT2D eigenvalue weighted by Crippen LogP contribution is -2.46.